The third-order valence-electron chi connectivity index (χ3n) is 10.5. The largest absolute Gasteiger partial charge is 0.456 e. The van der Waals surface area contributed by atoms with Crippen LogP contribution in [0.25, 0.3) is 44.2 Å². The number of fused-ring (bicyclic) bond motifs is 6. The summed E-state index contributed by atoms with van der Waals surface area (Å²) in [7, 11) is 0. The van der Waals surface area contributed by atoms with Crippen LogP contribution in [-0.4, -0.2) is 0 Å². The SMILES string of the molecule is c1ccc(N(c2ccccc2)c2ccccc2-c2ccc3c(c2)oc2ccc(C4(c5ccccc5)c5ccccc5-c5ccccc54)cc23)cc1. The van der Waals surface area contributed by atoms with Crippen molar-refractivity contribution in [1.29, 1.82) is 0 Å². The molecule has 0 saturated heterocycles. The summed E-state index contributed by atoms with van der Waals surface area (Å²) in [5, 5.41) is 2.23. The van der Waals surface area contributed by atoms with Crippen molar-refractivity contribution in [3.05, 3.63) is 222 Å². The predicted molar refractivity (Wildman–Crippen MR) is 211 cm³/mol. The Hall–Kier alpha value is -6.64. The van der Waals surface area contributed by atoms with Crippen molar-refractivity contribution in [2.45, 2.75) is 5.41 Å². The van der Waals surface area contributed by atoms with Crippen molar-refractivity contribution >= 4 is 39.0 Å². The number of nitrogens with zero attached hydrogens (tertiary/aromatic N) is 1. The summed E-state index contributed by atoms with van der Waals surface area (Å²) in [6.07, 6.45) is 0. The van der Waals surface area contributed by atoms with Gasteiger partial charge in [-0.05, 0) is 93.5 Å². The molecule has 2 nitrogen and oxygen atoms in total. The van der Waals surface area contributed by atoms with Gasteiger partial charge in [-0.15, -0.1) is 0 Å². The van der Waals surface area contributed by atoms with E-state index in [0.717, 1.165) is 50.1 Å². The molecule has 1 aromatic heterocycles. The van der Waals surface area contributed by atoms with E-state index >= 15 is 0 Å². The molecule has 0 spiro atoms. The summed E-state index contributed by atoms with van der Waals surface area (Å²) in [4.78, 5) is 2.32. The lowest BCUT2D eigenvalue weighted by Gasteiger charge is -2.33. The van der Waals surface area contributed by atoms with E-state index in [1.807, 2.05) is 0 Å². The molecule has 0 saturated carbocycles. The number of para-hydroxylation sites is 3. The Morgan fingerprint density at radius 2 is 0.922 bits per heavy atom. The first kappa shape index (κ1) is 29.3. The minimum Gasteiger partial charge on any atom is -0.456 e. The maximum Gasteiger partial charge on any atom is 0.136 e. The quantitative estimate of drug-likeness (QED) is 0.178. The van der Waals surface area contributed by atoms with Gasteiger partial charge in [-0.25, -0.2) is 0 Å². The molecule has 2 heteroatoms. The first-order valence-electron chi connectivity index (χ1n) is 17.5. The van der Waals surface area contributed by atoms with Crippen LogP contribution >= 0.6 is 0 Å². The molecule has 0 N–H and O–H groups in total. The van der Waals surface area contributed by atoms with Gasteiger partial charge in [0.15, 0.2) is 0 Å². The Bertz CT molecular complexity index is 2610. The first-order valence-corrected chi connectivity index (χ1v) is 17.5. The summed E-state index contributed by atoms with van der Waals surface area (Å²) in [6, 6.07) is 72.0. The topological polar surface area (TPSA) is 16.4 Å². The normalized spacial score (nSPS) is 12.9. The second-order valence-corrected chi connectivity index (χ2v) is 13.3. The van der Waals surface area contributed by atoms with Crippen molar-refractivity contribution in [3.8, 4) is 22.3 Å². The Labute approximate surface area is 297 Å². The second kappa shape index (κ2) is 11.8. The zero-order valence-corrected chi connectivity index (χ0v) is 27.9. The summed E-state index contributed by atoms with van der Waals surface area (Å²) in [5.74, 6) is 0. The summed E-state index contributed by atoms with van der Waals surface area (Å²) in [6.45, 7) is 0. The lowest BCUT2D eigenvalue weighted by Crippen LogP contribution is -2.28. The Morgan fingerprint density at radius 1 is 0.373 bits per heavy atom. The highest BCUT2D eigenvalue weighted by Gasteiger charge is 2.46. The minimum atomic E-state index is -0.455. The molecule has 0 fully saturated rings. The molecule has 0 aliphatic heterocycles. The van der Waals surface area contributed by atoms with Crippen molar-refractivity contribution in [2.24, 2.45) is 0 Å². The van der Waals surface area contributed by atoms with Crippen LogP contribution in [0, 0.1) is 0 Å². The van der Waals surface area contributed by atoms with E-state index in [1.165, 1.54) is 33.4 Å². The summed E-state index contributed by atoms with van der Waals surface area (Å²) >= 11 is 0. The van der Waals surface area contributed by atoms with Gasteiger partial charge in [-0.1, -0.05) is 146 Å². The molecular formula is C49H33NO. The fourth-order valence-electron chi connectivity index (χ4n) is 8.38. The average Bonchev–Trinajstić information content (AvgIpc) is 3.72. The van der Waals surface area contributed by atoms with E-state index in [-0.39, 0.29) is 0 Å². The Morgan fingerprint density at radius 3 is 1.57 bits per heavy atom. The van der Waals surface area contributed by atoms with Crippen molar-refractivity contribution in [3.63, 3.8) is 0 Å². The van der Waals surface area contributed by atoms with Crippen LogP contribution in [0.3, 0.4) is 0 Å². The zero-order chi connectivity index (χ0) is 33.8. The first-order chi connectivity index (χ1) is 25.3. The maximum atomic E-state index is 6.67. The number of furan rings is 1. The van der Waals surface area contributed by atoms with Gasteiger partial charge in [0.2, 0.25) is 0 Å². The van der Waals surface area contributed by atoms with Gasteiger partial charge in [0, 0.05) is 27.7 Å². The Balaban J connectivity index is 1.15. The van der Waals surface area contributed by atoms with Crippen molar-refractivity contribution < 1.29 is 4.42 Å². The van der Waals surface area contributed by atoms with Crippen LogP contribution in [0.2, 0.25) is 0 Å². The molecular weight excluding hydrogens is 619 g/mol. The summed E-state index contributed by atoms with van der Waals surface area (Å²) < 4.78 is 6.67. The van der Waals surface area contributed by atoms with Gasteiger partial charge < -0.3 is 9.32 Å². The fraction of sp³-hybridized carbons (Fsp3) is 0.0204. The molecule has 8 aromatic carbocycles. The maximum absolute atomic E-state index is 6.67. The molecule has 10 rings (SSSR count). The van der Waals surface area contributed by atoms with Crippen LogP contribution in [0.5, 0.6) is 0 Å². The van der Waals surface area contributed by atoms with E-state index in [2.05, 4.69) is 205 Å². The van der Waals surface area contributed by atoms with Gasteiger partial charge in [-0.3, -0.25) is 0 Å². The summed E-state index contributed by atoms with van der Waals surface area (Å²) in [5.41, 5.74) is 14.6. The minimum absolute atomic E-state index is 0.455. The predicted octanol–water partition coefficient (Wildman–Crippen LogP) is 13.1. The van der Waals surface area contributed by atoms with Gasteiger partial charge in [-0.2, -0.15) is 0 Å². The van der Waals surface area contributed by atoms with Crippen molar-refractivity contribution in [1.82, 2.24) is 0 Å². The molecule has 0 amide bonds. The molecule has 0 bridgehead atoms. The van der Waals surface area contributed by atoms with E-state index in [1.54, 1.807) is 0 Å². The number of anilines is 3. The lowest BCUT2D eigenvalue weighted by molar-refractivity contribution is 0.668. The molecule has 1 aliphatic rings. The molecule has 1 aliphatic carbocycles. The highest BCUT2D eigenvalue weighted by Crippen LogP contribution is 2.56. The Kier molecular flexibility index (Phi) is 6.75. The van der Waals surface area contributed by atoms with Crippen LogP contribution in [0.15, 0.2) is 205 Å². The fourth-order valence-corrected chi connectivity index (χ4v) is 8.38. The number of benzene rings is 8. The zero-order valence-electron chi connectivity index (χ0n) is 27.9. The molecule has 51 heavy (non-hydrogen) atoms. The van der Waals surface area contributed by atoms with Gasteiger partial charge >= 0.3 is 0 Å². The molecule has 9 aromatic rings. The molecule has 0 unspecified atom stereocenters. The smallest absolute Gasteiger partial charge is 0.136 e. The second-order valence-electron chi connectivity index (χ2n) is 13.3. The lowest BCUT2D eigenvalue weighted by atomic mass is 9.67. The molecule has 240 valence electrons. The third-order valence-corrected chi connectivity index (χ3v) is 10.5. The number of rotatable bonds is 6. The monoisotopic (exact) mass is 651 g/mol. The van der Waals surface area contributed by atoms with Crippen LogP contribution in [-0.2, 0) is 5.41 Å². The van der Waals surface area contributed by atoms with Crippen molar-refractivity contribution in [2.75, 3.05) is 4.90 Å². The standard InChI is InChI=1S/C49H33NO/c1-4-16-35(17-5-1)49(44-25-13-10-23-40(44)41-24-11-14-26-45(41)49)36-29-31-47-43(33-36)42-30-28-34(32-48(42)51-47)39-22-12-15-27-46(39)50(37-18-6-2-7-19-37)38-20-8-3-9-21-38/h1-33H. The van der Waals surface area contributed by atoms with E-state index < -0.39 is 5.41 Å². The van der Waals surface area contributed by atoms with Gasteiger partial charge in [0.05, 0.1) is 11.1 Å². The highest BCUT2D eigenvalue weighted by atomic mass is 16.3. The highest BCUT2D eigenvalue weighted by molar-refractivity contribution is 6.07. The molecule has 1 heterocycles. The average molecular weight is 652 g/mol. The van der Waals surface area contributed by atoms with Crippen LogP contribution in [0.4, 0.5) is 17.1 Å². The van der Waals surface area contributed by atoms with Crippen LogP contribution in [0.1, 0.15) is 22.3 Å². The molecule has 0 radical (unpaired) electrons. The van der Waals surface area contributed by atoms with E-state index in [4.69, 9.17) is 4.42 Å². The van der Waals surface area contributed by atoms with Gasteiger partial charge in [0.1, 0.15) is 11.2 Å². The number of hydrogen-bond donors (Lipinski definition) is 0. The van der Waals surface area contributed by atoms with E-state index in [9.17, 15) is 0 Å². The van der Waals surface area contributed by atoms with Gasteiger partial charge in [0.25, 0.3) is 0 Å². The third kappa shape index (κ3) is 4.50. The van der Waals surface area contributed by atoms with E-state index in [0.29, 0.717) is 0 Å². The number of hydrogen-bond acceptors (Lipinski definition) is 2. The van der Waals surface area contributed by atoms with Crippen LogP contribution < -0.4 is 4.90 Å². The molecule has 0 atom stereocenters.